The highest BCUT2D eigenvalue weighted by molar-refractivity contribution is 6.01. The summed E-state index contributed by atoms with van der Waals surface area (Å²) < 4.78 is 79.0. The highest BCUT2D eigenvalue weighted by atomic mass is 19.4. The average Bonchev–Trinajstić information content (AvgIpc) is 3.34. The fourth-order valence-electron chi connectivity index (χ4n) is 8.26. The summed E-state index contributed by atoms with van der Waals surface area (Å²) in [6.07, 6.45) is 2.05. The van der Waals surface area contributed by atoms with E-state index >= 15 is 0 Å². The van der Waals surface area contributed by atoms with Crippen molar-refractivity contribution in [1.29, 1.82) is 0 Å². The Bertz CT molecular complexity index is 1790. The van der Waals surface area contributed by atoms with Crippen LogP contribution in [0.2, 0.25) is 0 Å². The maximum absolute atomic E-state index is 13.9. The molecule has 5 nitrogen and oxygen atoms in total. The Labute approximate surface area is 293 Å². The second-order valence-electron chi connectivity index (χ2n) is 14.0. The van der Waals surface area contributed by atoms with Crippen LogP contribution in [0.15, 0.2) is 97.1 Å². The molecule has 1 fully saturated rings. The number of nitrogens with zero attached hydrogens (tertiary/aromatic N) is 1. The molecular formula is C40H41F6N3O2. The van der Waals surface area contributed by atoms with E-state index in [9.17, 15) is 35.9 Å². The molecular weight excluding hydrogens is 668 g/mol. The Morgan fingerprint density at radius 2 is 1.51 bits per heavy atom. The first kappa shape index (κ1) is 36.4. The van der Waals surface area contributed by atoms with Gasteiger partial charge >= 0.3 is 12.4 Å². The smallest absolute Gasteiger partial charge is 0.349 e. The topological polar surface area (TPSA) is 61.4 Å². The molecule has 3 unspecified atom stereocenters. The number of hydrogen-bond donors (Lipinski definition) is 2. The van der Waals surface area contributed by atoms with E-state index in [2.05, 4.69) is 15.5 Å². The number of amides is 2. The first-order chi connectivity index (χ1) is 24.2. The number of likely N-dealkylation sites (tertiary alicyclic amines) is 1. The Hall–Kier alpha value is -4.38. The molecule has 1 aliphatic heterocycles. The first-order valence-electron chi connectivity index (χ1n) is 17.3. The zero-order valence-electron chi connectivity index (χ0n) is 28.3. The quantitative estimate of drug-likeness (QED) is 0.164. The minimum atomic E-state index is -4.53. The monoisotopic (exact) mass is 709 g/mol. The lowest BCUT2D eigenvalue weighted by Gasteiger charge is -2.40. The first-order valence-corrected chi connectivity index (χ1v) is 17.3. The molecule has 3 aromatic carbocycles. The van der Waals surface area contributed by atoms with Crippen LogP contribution in [0.4, 0.5) is 26.3 Å². The molecule has 3 aromatic rings. The summed E-state index contributed by atoms with van der Waals surface area (Å²) in [5.41, 5.74) is 0.781. The number of benzene rings is 3. The van der Waals surface area contributed by atoms with E-state index in [1.165, 1.54) is 12.1 Å². The Balaban J connectivity index is 1.06. The van der Waals surface area contributed by atoms with Gasteiger partial charge in [0.1, 0.15) is 6.54 Å². The number of hydrogen-bond acceptors (Lipinski definition) is 3. The standard InChI is InChI=1S/C40H41F6N3O2/c1-37-21-7-6-14-34(37)38(33-13-5-4-12-32(33)37,36(51)47-26-39(41,42)43)22-8-9-23-49-24-19-29(20-25-49)48-35(50)31-11-3-2-10-30(31)27-15-17-28(18-16-27)40(44,45)46/h2-7,10-18,21,29,34H,8-9,19-20,22-26H2,1H3,(H,47,51)(H,48,50). The molecule has 2 amide bonds. The van der Waals surface area contributed by atoms with Crippen molar-refractivity contribution in [2.24, 2.45) is 5.92 Å². The number of alkyl halides is 6. The van der Waals surface area contributed by atoms with Crippen molar-refractivity contribution in [2.75, 3.05) is 26.2 Å². The molecule has 3 atom stereocenters. The van der Waals surface area contributed by atoms with Crippen LogP contribution in [0.3, 0.4) is 0 Å². The lowest BCUT2D eigenvalue weighted by molar-refractivity contribution is -0.143. The van der Waals surface area contributed by atoms with Crippen LogP contribution >= 0.6 is 0 Å². The van der Waals surface area contributed by atoms with Crippen LogP contribution in [0.1, 0.15) is 66.1 Å². The Kier molecular flexibility index (Phi) is 10.2. The highest BCUT2D eigenvalue weighted by Crippen LogP contribution is 2.58. The van der Waals surface area contributed by atoms with E-state index < -0.39 is 41.2 Å². The molecule has 1 heterocycles. The molecule has 270 valence electrons. The van der Waals surface area contributed by atoms with Crippen molar-refractivity contribution in [2.45, 2.75) is 68.3 Å². The number of rotatable bonds is 10. The third kappa shape index (κ3) is 7.49. The van der Waals surface area contributed by atoms with Crippen molar-refractivity contribution in [3.63, 3.8) is 0 Å². The summed E-state index contributed by atoms with van der Waals surface area (Å²) in [6, 6.07) is 19.1. The number of carbonyl (C=O) groups excluding carboxylic acids is 2. The third-order valence-corrected chi connectivity index (χ3v) is 10.8. The zero-order chi connectivity index (χ0) is 36.4. The number of carbonyl (C=O) groups is 2. The van der Waals surface area contributed by atoms with Crippen molar-refractivity contribution < 1.29 is 35.9 Å². The van der Waals surface area contributed by atoms with Gasteiger partial charge in [-0.3, -0.25) is 9.59 Å². The van der Waals surface area contributed by atoms with E-state index in [-0.39, 0.29) is 17.9 Å². The molecule has 3 aliphatic rings. The van der Waals surface area contributed by atoms with Crippen molar-refractivity contribution >= 4 is 11.8 Å². The largest absolute Gasteiger partial charge is 0.416 e. The summed E-state index contributed by atoms with van der Waals surface area (Å²) in [5, 5.41) is 5.33. The van der Waals surface area contributed by atoms with E-state index in [0.717, 1.165) is 49.3 Å². The van der Waals surface area contributed by atoms with Crippen molar-refractivity contribution in [3.8, 4) is 11.1 Å². The van der Waals surface area contributed by atoms with E-state index in [0.29, 0.717) is 42.4 Å². The maximum atomic E-state index is 13.9. The fraction of sp³-hybridized carbons (Fsp3) is 0.400. The van der Waals surface area contributed by atoms with Gasteiger partial charge in [-0.25, -0.2) is 0 Å². The molecule has 0 spiro atoms. The zero-order valence-corrected chi connectivity index (χ0v) is 28.3. The summed E-state index contributed by atoms with van der Waals surface area (Å²) in [6.45, 7) is 2.88. The molecule has 0 bridgehead atoms. The summed E-state index contributed by atoms with van der Waals surface area (Å²) in [4.78, 5) is 29.5. The van der Waals surface area contributed by atoms with Gasteiger partial charge in [0.05, 0.1) is 11.0 Å². The van der Waals surface area contributed by atoms with Crippen molar-refractivity contribution in [3.05, 3.63) is 119 Å². The van der Waals surface area contributed by atoms with Gasteiger partial charge in [-0.05, 0) is 72.7 Å². The van der Waals surface area contributed by atoms with Gasteiger partial charge in [0.15, 0.2) is 0 Å². The average molecular weight is 710 g/mol. The number of halogens is 6. The number of fused-ring (bicyclic) bond motifs is 3. The number of unbranched alkanes of at least 4 members (excludes halogenated alkanes) is 1. The molecule has 0 radical (unpaired) electrons. The lowest BCUT2D eigenvalue weighted by atomic mass is 9.63. The van der Waals surface area contributed by atoms with E-state index in [1.807, 2.05) is 55.5 Å². The minimum Gasteiger partial charge on any atom is -0.349 e. The minimum absolute atomic E-state index is 0.0752. The van der Waals surface area contributed by atoms with Crippen LogP contribution in [-0.2, 0) is 21.8 Å². The number of piperidine rings is 1. The predicted molar refractivity (Wildman–Crippen MR) is 184 cm³/mol. The normalized spacial score (nSPS) is 23.5. The second-order valence-corrected chi connectivity index (χ2v) is 14.0. The highest BCUT2D eigenvalue weighted by Gasteiger charge is 2.60. The van der Waals surface area contributed by atoms with Crippen LogP contribution < -0.4 is 10.6 Å². The molecule has 0 saturated carbocycles. The Morgan fingerprint density at radius 3 is 2.20 bits per heavy atom. The fourth-order valence-corrected chi connectivity index (χ4v) is 8.26. The third-order valence-electron chi connectivity index (χ3n) is 10.8. The van der Waals surface area contributed by atoms with Gasteiger partial charge in [0, 0.05) is 36.0 Å². The van der Waals surface area contributed by atoms with E-state index in [4.69, 9.17) is 0 Å². The Morgan fingerprint density at radius 1 is 0.843 bits per heavy atom. The van der Waals surface area contributed by atoms with Crippen LogP contribution in [0, 0.1) is 5.92 Å². The van der Waals surface area contributed by atoms with Crippen LogP contribution in [0.25, 0.3) is 11.1 Å². The second kappa shape index (κ2) is 14.3. The predicted octanol–water partition coefficient (Wildman–Crippen LogP) is 8.37. The maximum Gasteiger partial charge on any atom is 0.416 e. The number of allylic oxidation sites excluding steroid dienone is 4. The van der Waals surface area contributed by atoms with E-state index in [1.54, 1.807) is 24.3 Å². The van der Waals surface area contributed by atoms with Gasteiger partial charge in [0.25, 0.3) is 5.91 Å². The molecule has 2 aliphatic carbocycles. The molecule has 6 rings (SSSR count). The van der Waals surface area contributed by atoms with Gasteiger partial charge in [-0.15, -0.1) is 0 Å². The summed E-state index contributed by atoms with van der Waals surface area (Å²) >= 11 is 0. The van der Waals surface area contributed by atoms with Gasteiger partial charge < -0.3 is 15.5 Å². The number of nitrogens with one attached hydrogen (secondary N) is 2. The van der Waals surface area contributed by atoms with Gasteiger partial charge in [-0.1, -0.05) is 92.2 Å². The van der Waals surface area contributed by atoms with Gasteiger partial charge in [-0.2, -0.15) is 26.3 Å². The lowest BCUT2D eigenvalue weighted by Crippen LogP contribution is -2.51. The SMILES string of the molecule is CC12C=CC=CC1C(CCCCN1CCC(NC(=O)c3ccccc3-c3ccc(C(F)(F)F)cc3)CC1)(C(=O)NCC(F)(F)F)c1ccccc12. The summed E-state index contributed by atoms with van der Waals surface area (Å²) in [7, 11) is 0. The molecule has 1 saturated heterocycles. The summed E-state index contributed by atoms with van der Waals surface area (Å²) in [5.74, 6) is -1.21. The molecule has 2 N–H and O–H groups in total. The molecule has 11 heteroatoms. The van der Waals surface area contributed by atoms with Crippen LogP contribution in [-0.4, -0.2) is 55.1 Å². The molecule has 51 heavy (non-hydrogen) atoms. The van der Waals surface area contributed by atoms with Crippen LogP contribution in [0.5, 0.6) is 0 Å². The van der Waals surface area contributed by atoms with Gasteiger partial charge in [0.2, 0.25) is 5.91 Å². The van der Waals surface area contributed by atoms with Crippen molar-refractivity contribution in [1.82, 2.24) is 15.5 Å². The molecule has 0 aromatic heterocycles.